The van der Waals surface area contributed by atoms with Crippen LogP contribution < -0.4 is 5.32 Å². The van der Waals surface area contributed by atoms with E-state index in [9.17, 15) is 20.1 Å². The first-order valence-corrected chi connectivity index (χ1v) is 28.1. The van der Waals surface area contributed by atoms with Gasteiger partial charge in [-0.3, -0.25) is 4.79 Å². The highest BCUT2D eigenvalue weighted by Crippen LogP contribution is 2.16. The Labute approximate surface area is 399 Å². The van der Waals surface area contributed by atoms with Crippen LogP contribution in [-0.4, -0.2) is 46.1 Å². The zero-order valence-electron chi connectivity index (χ0n) is 42.7. The Morgan fingerprint density at radius 1 is 0.391 bits per heavy atom. The van der Waals surface area contributed by atoms with Gasteiger partial charge in [0.2, 0.25) is 5.91 Å². The van der Waals surface area contributed by atoms with Gasteiger partial charge in [0.1, 0.15) is 6.10 Å². The first-order valence-electron chi connectivity index (χ1n) is 28.1. The smallest absolute Gasteiger partial charge is 0.249 e. The Kier molecular flexibility index (Phi) is 52.0. The van der Waals surface area contributed by atoms with Crippen LogP contribution in [0.15, 0.2) is 60.8 Å². The van der Waals surface area contributed by atoms with E-state index in [-0.39, 0.29) is 6.61 Å². The summed E-state index contributed by atoms with van der Waals surface area (Å²) >= 11 is 0. The highest BCUT2D eigenvalue weighted by molar-refractivity contribution is 5.80. The van der Waals surface area contributed by atoms with E-state index in [0.29, 0.717) is 6.42 Å². The summed E-state index contributed by atoms with van der Waals surface area (Å²) in [5, 5.41) is 33.2. The SMILES string of the molecule is CCCCCC/C=C/CC/C=C/CC/C=C/C(O)C(CO)NC(=O)C(O)CCCCCCCCCCCCCCCCCC/C=C\C/C=C\CCCCCCCCCCCCCCC. The predicted molar refractivity (Wildman–Crippen MR) is 282 cm³/mol. The van der Waals surface area contributed by atoms with Crippen molar-refractivity contribution in [3.8, 4) is 0 Å². The minimum absolute atomic E-state index is 0.382. The first kappa shape index (κ1) is 62.1. The molecular weight excluding hydrogens is 787 g/mol. The zero-order valence-corrected chi connectivity index (χ0v) is 42.7. The molecule has 3 unspecified atom stereocenters. The molecule has 5 nitrogen and oxygen atoms in total. The van der Waals surface area contributed by atoms with Crippen LogP contribution in [0, 0.1) is 0 Å². The average Bonchev–Trinajstić information content (AvgIpc) is 3.30. The summed E-state index contributed by atoms with van der Waals surface area (Å²) in [6, 6.07) is -0.822. The van der Waals surface area contributed by atoms with Crippen LogP contribution in [0.25, 0.3) is 0 Å². The standard InChI is InChI=1S/C59H109NO4/c1-3-5-7-9-11-13-15-17-19-20-21-22-23-24-25-26-27-28-29-30-31-32-33-34-35-36-37-38-39-40-42-44-46-48-50-52-54-58(63)59(64)60-56(55-61)57(62)53-51-49-47-45-43-41-18-16-14-12-10-8-6-4-2/h14,16,25-26,28-29,43,45,51,53,56-58,61-63H,3-13,15,17-24,27,30-42,44,46-50,52,54-55H2,1-2H3,(H,60,64)/b16-14+,26-25-,29-28-,45-43+,53-51+. The summed E-state index contributed by atoms with van der Waals surface area (Å²) in [6.07, 6.45) is 73.1. The van der Waals surface area contributed by atoms with E-state index in [2.05, 4.69) is 67.8 Å². The van der Waals surface area contributed by atoms with Gasteiger partial charge < -0.3 is 20.6 Å². The van der Waals surface area contributed by atoms with Gasteiger partial charge in [-0.25, -0.2) is 0 Å². The number of carbonyl (C=O) groups excluding carboxylic acids is 1. The zero-order chi connectivity index (χ0) is 46.5. The lowest BCUT2D eigenvalue weighted by Gasteiger charge is -2.21. The van der Waals surface area contributed by atoms with Crippen molar-refractivity contribution < 1.29 is 20.1 Å². The molecule has 0 heterocycles. The first-order chi connectivity index (χ1) is 31.6. The van der Waals surface area contributed by atoms with Crippen LogP contribution in [0.2, 0.25) is 0 Å². The van der Waals surface area contributed by atoms with E-state index in [4.69, 9.17) is 0 Å². The van der Waals surface area contributed by atoms with Gasteiger partial charge >= 0.3 is 0 Å². The highest BCUT2D eigenvalue weighted by atomic mass is 16.3. The molecule has 374 valence electrons. The number of allylic oxidation sites excluding steroid dienone is 9. The van der Waals surface area contributed by atoms with E-state index < -0.39 is 24.2 Å². The topological polar surface area (TPSA) is 89.8 Å². The molecule has 0 saturated heterocycles. The maximum absolute atomic E-state index is 12.5. The van der Waals surface area contributed by atoms with Gasteiger partial charge in [-0.1, -0.05) is 267 Å². The summed E-state index contributed by atoms with van der Waals surface area (Å²) in [5.41, 5.74) is 0. The van der Waals surface area contributed by atoms with Gasteiger partial charge in [-0.05, 0) is 77.0 Å². The minimum atomic E-state index is -1.11. The third-order valence-corrected chi connectivity index (χ3v) is 12.8. The molecule has 0 aromatic rings. The van der Waals surface area contributed by atoms with Crippen molar-refractivity contribution in [1.82, 2.24) is 5.32 Å². The lowest BCUT2D eigenvalue weighted by atomic mass is 10.0. The number of aliphatic hydroxyl groups is 3. The van der Waals surface area contributed by atoms with E-state index in [1.165, 1.54) is 212 Å². The van der Waals surface area contributed by atoms with Crippen LogP contribution in [0.5, 0.6) is 0 Å². The predicted octanol–water partition coefficient (Wildman–Crippen LogP) is 17.4. The van der Waals surface area contributed by atoms with Gasteiger partial charge in [-0.2, -0.15) is 0 Å². The molecule has 0 aliphatic heterocycles. The molecule has 0 fully saturated rings. The largest absolute Gasteiger partial charge is 0.394 e. The molecule has 0 aliphatic carbocycles. The van der Waals surface area contributed by atoms with Gasteiger partial charge in [0.25, 0.3) is 0 Å². The lowest BCUT2D eigenvalue weighted by molar-refractivity contribution is -0.131. The molecular formula is C59H109NO4. The molecule has 0 rings (SSSR count). The number of hydrogen-bond acceptors (Lipinski definition) is 4. The number of hydrogen-bond donors (Lipinski definition) is 4. The molecule has 0 radical (unpaired) electrons. The normalized spacial score (nSPS) is 13.8. The van der Waals surface area contributed by atoms with Crippen molar-refractivity contribution in [3.05, 3.63) is 60.8 Å². The van der Waals surface area contributed by atoms with E-state index in [0.717, 1.165) is 51.4 Å². The summed E-state index contributed by atoms with van der Waals surface area (Å²) in [7, 11) is 0. The van der Waals surface area contributed by atoms with Crippen molar-refractivity contribution in [1.29, 1.82) is 0 Å². The number of unbranched alkanes of at least 4 members (excludes halogenated alkanes) is 35. The molecule has 0 aromatic carbocycles. The Balaban J connectivity index is 3.54. The molecule has 5 heteroatoms. The second-order valence-corrected chi connectivity index (χ2v) is 19.1. The molecule has 0 saturated carbocycles. The Hall–Kier alpha value is -1.95. The summed E-state index contributed by atoms with van der Waals surface area (Å²) in [4.78, 5) is 12.5. The average molecular weight is 897 g/mol. The second kappa shape index (κ2) is 53.7. The van der Waals surface area contributed by atoms with Crippen LogP contribution >= 0.6 is 0 Å². The van der Waals surface area contributed by atoms with Crippen molar-refractivity contribution >= 4 is 5.91 Å². The van der Waals surface area contributed by atoms with Crippen molar-refractivity contribution in [3.63, 3.8) is 0 Å². The fourth-order valence-corrected chi connectivity index (χ4v) is 8.43. The molecule has 64 heavy (non-hydrogen) atoms. The number of carbonyl (C=O) groups is 1. The number of aliphatic hydroxyl groups excluding tert-OH is 3. The molecule has 0 spiro atoms. The molecule has 3 atom stereocenters. The third kappa shape index (κ3) is 48.0. The lowest BCUT2D eigenvalue weighted by Crippen LogP contribution is -2.48. The monoisotopic (exact) mass is 896 g/mol. The molecule has 1 amide bonds. The van der Waals surface area contributed by atoms with E-state index in [1.807, 2.05) is 6.08 Å². The molecule has 4 N–H and O–H groups in total. The Bertz CT molecular complexity index is 1080. The fraction of sp³-hybridized carbons (Fsp3) is 0.814. The van der Waals surface area contributed by atoms with Gasteiger partial charge in [0.15, 0.2) is 0 Å². The molecule has 0 aromatic heterocycles. The summed E-state index contributed by atoms with van der Waals surface area (Å²) in [6.45, 7) is 4.16. The molecule has 0 aliphatic rings. The quantitative estimate of drug-likeness (QED) is 0.0362. The fourth-order valence-electron chi connectivity index (χ4n) is 8.43. The van der Waals surface area contributed by atoms with Gasteiger partial charge in [-0.15, -0.1) is 0 Å². The van der Waals surface area contributed by atoms with Gasteiger partial charge in [0.05, 0.1) is 18.8 Å². The maximum atomic E-state index is 12.5. The number of nitrogens with one attached hydrogen (secondary N) is 1. The highest BCUT2D eigenvalue weighted by Gasteiger charge is 2.22. The van der Waals surface area contributed by atoms with Crippen LogP contribution in [0.3, 0.4) is 0 Å². The maximum Gasteiger partial charge on any atom is 0.249 e. The van der Waals surface area contributed by atoms with E-state index >= 15 is 0 Å². The summed E-state index contributed by atoms with van der Waals surface area (Å²) in [5.74, 6) is -0.517. The third-order valence-electron chi connectivity index (χ3n) is 12.8. The van der Waals surface area contributed by atoms with Crippen LogP contribution in [-0.2, 0) is 4.79 Å². The number of amides is 1. The Morgan fingerprint density at radius 3 is 1.06 bits per heavy atom. The van der Waals surface area contributed by atoms with Crippen LogP contribution in [0.1, 0.15) is 284 Å². The number of rotatable bonds is 51. The minimum Gasteiger partial charge on any atom is -0.394 e. The van der Waals surface area contributed by atoms with Crippen molar-refractivity contribution in [2.75, 3.05) is 6.61 Å². The van der Waals surface area contributed by atoms with Gasteiger partial charge in [0, 0.05) is 0 Å². The van der Waals surface area contributed by atoms with Crippen LogP contribution in [0.4, 0.5) is 0 Å². The molecule has 0 bridgehead atoms. The van der Waals surface area contributed by atoms with Crippen molar-refractivity contribution in [2.24, 2.45) is 0 Å². The van der Waals surface area contributed by atoms with E-state index in [1.54, 1.807) is 6.08 Å². The van der Waals surface area contributed by atoms with Crippen molar-refractivity contribution in [2.45, 2.75) is 302 Å². The second-order valence-electron chi connectivity index (χ2n) is 19.1. The Morgan fingerprint density at radius 2 is 0.688 bits per heavy atom. The summed E-state index contributed by atoms with van der Waals surface area (Å²) < 4.78 is 0.